The number of anilines is 1. The average molecular weight is 448 g/mol. The lowest BCUT2D eigenvalue weighted by Gasteiger charge is -2.20. The van der Waals surface area contributed by atoms with E-state index >= 15 is 0 Å². The summed E-state index contributed by atoms with van der Waals surface area (Å²) >= 11 is 6.05. The molecule has 0 saturated carbocycles. The van der Waals surface area contributed by atoms with E-state index in [0.717, 1.165) is 5.56 Å². The van der Waals surface area contributed by atoms with Gasteiger partial charge in [0.2, 0.25) is 5.91 Å². The van der Waals surface area contributed by atoms with Gasteiger partial charge in [-0.1, -0.05) is 60.1 Å². The van der Waals surface area contributed by atoms with Crippen molar-refractivity contribution >= 4 is 34.1 Å². The number of rotatable bonds is 6. The molecule has 1 heterocycles. The highest BCUT2D eigenvalue weighted by Crippen LogP contribution is 2.19. The maximum Gasteiger partial charge on any atom is 0.331 e. The van der Waals surface area contributed by atoms with Crippen LogP contribution < -0.4 is 16.1 Å². The molecule has 4 rings (SSSR count). The number of aryl methyl sites for hydroxylation is 1. The first-order valence-corrected chi connectivity index (χ1v) is 10.6. The number of hydrogen-bond acceptors (Lipinski definition) is 3. The summed E-state index contributed by atoms with van der Waals surface area (Å²) < 4.78 is 2.58. The van der Waals surface area contributed by atoms with E-state index in [9.17, 15) is 14.4 Å². The van der Waals surface area contributed by atoms with Crippen LogP contribution in [0.3, 0.4) is 0 Å². The van der Waals surface area contributed by atoms with E-state index in [4.69, 9.17) is 11.6 Å². The van der Waals surface area contributed by atoms with Gasteiger partial charge in [0.25, 0.3) is 5.56 Å². The fraction of sp³-hybridized carbons (Fsp3) is 0.160. The van der Waals surface area contributed by atoms with Crippen molar-refractivity contribution in [3.8, 4) is 0 Å². The van der Waals surface area contributed by atoms with Crippen LogP contribution in [0, 0.1) is 0 Å². The molecule has 0 aliphatic rings. The molecule has 0 aliphatic heterocycles. The molecule has 6 nitrogen and oxygen atoms in total. The van der Waals surface area contributed by atoms with E-state index in [2.05, 4.69) is 0 Å². The van der Waals surface area contributed by atoms with E-state index in [0.29, 0.717) is 28.0 Å². The maximum absolute atomic E-state index is 13.3. The first-order chi connectivity index (χ1) is 15.5. The van der Waals surface area contributed by atoms with E-state index in [-0.39, 0.29) is 24.6 Å². The number of aromatic nitrogens is 2. The van der Waals surface area contributed by atoms with Crippen molar-refractivity contribution in [1.29, 1.82) is 0 Å². The summed E-state index contributed by atoms with van der Waals surface area (Å²) in [4.78, 5) is 40.8. The smallest absolute Gasteiger partial charge is 0.314 e. The van der Waals surface area contributed by atoms with E-state index in [1.165, 1.54) is 14.0 Å². The second-order valence-electron chi connectivity index (χ2n) is 7.51. The molecule has 0 saturated heterocycles. The largest absolute Gasteiger partial charge is 0.331 e. The average Bonchev–Trinajstić information content (AvgIpc) is 2.81. The molecule has 0 atom stereocenters. The Labute approximate surface area is 189 Å². The van der Waals surface area contributed by atoms with Crippen molar-refractivity contribution in [1.82, 2.24) is 9.13 Å². The Morgan fingerprint density at radius 2 is 1.62 bits per heavy atom. The standard InChI is InChI=1S/C25H22ClN3O3/c1-27(20-11-7-10-19(26)16-20)23(30)17-29-22-13-6-5-12-21(22)24(31)28(25(29)32)15-14-18-8-3-2-4-9-18/h2-13,16H,14-15,17H2,1H3. The third-order valence-corrected chi connectivity index (χ3v) is 5.70. The number of para-hydroxylation sites is 1. The van der Waals surface area contributed by atoms with Crippen molar-refractivity contribution in [2.75, 3.05) is 11.9 Å². The number of hydrogen-bond donors (Lipinski definition) is 0. The highest BCUT2D eigenvalue weighted by Gasteiger charge is 2.18. The van der Waals surface area contributed by atoms with Crippen LogP contribution in [-0.2, 0) is 24.3 Å². The molecule has 0 N–H and O–H groups in total. The lowest BCUT2D eigenvalue weighted by atomic mass is 10.1. The Balaban J connectivity index is 1.72. The molecule has 1 amide bonds. The van der Waals surface area contributed by atoms with Gasteiger partial charge in [0.15, 0.2) is 0 Å². The van der Waals surface area contributed by atoms with E-state index in [1.54, 1.807) is 55.6 Å². The highest BCUT2D eigenvalue weighted by molar-refractivity contribution is 6.30. The Morgan fingerprint density at radius 1 is 0.906 bits per heavy atom. The van der Waals surface area contributed by atoms with Gasteiger partial charge in [0.05, 0.1) is 10.9 Å². The van der Waals surface area contributed by atoms with Crippen LogP contribution >= 0.6 is 11.6 Å². The summed E-state index contributed by atoms with van der Waals surface area (Å²) in [6.45, 7) is 0.0266. The third-order valence-electron chi connectivity index (χ3n) is 5.46. The summed E-state index contributed by atoms with van der Waals surface area (Å²) in [6.07, 6.45) is 0.532. The summed E-state index contributed by atoms with van der Waals surface area (Å²) in [7, 11) is 1.63. The molecule has 1 aromatic heterocycles. The van der Waals surface area contributed by atoms with Crippen LogP contribution in [-0.4, -0.2) is 22.1 Å². The predicted octanol–water partition coefficient (Wildman–Crippen LogP) is 3.72. The quantitative estimate of drug-likeness (QED) is 0.452. The number of nitrogens with zero attached hydrogens (tertiary/aromatic N) is 3. The lowest BCUT2D eigenvalue weighted by molar-refractivity contribution is -0.118. The highest BCUT2D eigenvalue weighted by atomic mass is 35.5. The van der Waals surface area contributed by atoms with Crippen molar-refractivity contribution < 1.29 is 4.79 Å². The van der Waals surface area contributed by atoms with Crippen molar-refractivity contribution in [2.45, 2.75) is 19.5 Å². The Morgan fingerprint density at radius 3 is 2.38 bits per heavy atom. The molecule has 0 bridgehead atoms. The van der Waals surface area contributed by atoms with E-state index in [1.807, 2.05) is 30.3 Å². The molecule has 0 unspecified atom stereocenters. The number of carbonyl (C=O) groups is 1. The summed E-state index contributed by atoms with van der Waals surface area (Å²) in [6, 6.07) is 23.5. The Bertz CT molecular complexity index is 1390. The number of carbonyl (C=O) groups excluding carboxylic acids is 1. The van der Waals surface area contributed by atoms with Crippen LogP contribution in [0.5, 0.6) is 0 Å². The zero-order chi connectivity index (χ0) is 22.7. The van der Waals surface area contributed by atoms with Crippen LogP contribution in [0.15, 0.2) is 88.5 Å². The molecule has 162 valence electrons. The summed E-state index contributed by atoms with van der Waals surface area (Å²) in [5, 5.41) is 0.914. The molecular weight excluding hydrogens is 426 g/mol. The molecule has 0 aliphatic carbocycles. The molecule has 0 spiro atoms. The summed E-state index contributed by atoms with van der Waals surface area (Å²) in [5.41, 5.74) is 1.23. The second kappa shape index (κ2) is 9.24. The second-order valence-corrected chi connectivity index (χ2v) is 7.95. The van der Waals surface area contributed by atoms with Gasteiger partial charge < -0.3 is 4.90 Å². The van der Waals surface area contributed by atoms with E-state index < -0.39 is 5.69 Å². The van der Waals surface area contributed by atoms with Crippen molar-refractivity contribution in [3.05, 3.63) is 110 Å². The summed E-state index contributed by atoms with van der Waals surface area (Å²) in [5.74, 6) is -0.298. The van der Waals surface area contributed by atoms with Gasteiger partial charge in [-0.15, -0.1) is 0 Å². The topological polar surface area (TPSA) is 64.3 Å². The fourth-order valence-corrected chi connectivity index (χ4v) is 3.86. The van der Waals surface area contributed by atoms with Gasteiger partial charge in [0.1, 0.15) is 6.54 Å². The van der Waals surface area contributed by atoms with Gasteiger partial charge in [-0.25, -0.2) is 4.79 Å². The SMILES string of the molecule is CN(C(=O)Cn1c(=O)n(CCc2ccccc2)c(=O)c2ccccc21)c1cccc(Cl)c1. The van der Waals surface area contributed by atoms with Gasteiger partial charge in [-0.05, 0) is 42.3 Å². The fourth-order valence-electron chi connectivity index (χ4n) is 3.68. The number of benzene rings is 3. The van der Waals surface area contributed by atoms with Gasteiger partial charge in [0, 0.05) is 24.3 Å². The Kier molecular flexibility index (Phi) is 6.23. The maximum atomic E-state index is 13.3. The van der Waals surface area contributed by atoms with Crippen LogP contribution in [0.25, 0.3) is 10.9 Å². The number of halogens is 1. The zero-order valence-corrected chi connectivity index (χ0v) is 18.3. The van der Waals surface area contributed by atoms with Crippen LogP contribution in [0.2, 0.25) is 5.02 Å². The minimum atomic E-state index is -0.502. The zero-order valence-electron chi connectivity index (χ0n) is 17.6. The molecular formula is C25H22ClN3O3. The van der Waals surface area contributed by atoms with Crippen molar-refractivity contribution in [3.63, 3.8) is 0 Å². The molecule has 3 aromatic carbocycles. The molecule has 4 aromatic rings. The van der Waals surface area contributed by atoms with Crippen LogP contribution in [0.1, 0.15) is 5.56 Å². The molecule has 7 heteroatoms. The molecule has 0 fully saturated rings. The first-order valence-electron chi connectivity index (χ1n) is 10.2. The predicted molar refractivity (Wildman–Crippen MR) is 127 cm³/mol. The lowest BCUT2D eigenvalue weighted by Crippen LogP contribution is -2.43. The number of likely N-dealkylation sites (N-methyl/N-ethyl adjacent to an activating group) is 1. The van der Waals surface area contributed by atoms with Crippen LogP contribution in [0.4, 0.5) is 5.69 Å². The monoisotopic (exact) mass is 447 g/mol. The molecule has 0 radical (unpaired) electrons. The first kappa shape index (κ1) is 21.6. The Hall–Kier alpha value is -3.64. The third kappa shape index (κ3) is 4.36. The number of amides is 1. The van der Waals surface area contributed by atoms with Gasteiger partial charge in [-0.2, -0.15) is 0 Å². The molecule has 32 heavy (non-hydrogen) atoms. The van der Waals surface area contributed by atoms with Gasteiger partial charge >= 0.3 is 5.69 Å². The minimum absolute atomic E-state index is 0.200. The normalized spacial score (nSPS) is 10.9. The minimum Gasteiger partial charge on any atom is -0.314 e. The van der Waals surface area contributed by atoms with Gasteiger partial charge in [-0.3, -0.25) is 18.7 Å². The van der Waals surface area contributed by atoms with Crippen molar-refractivity contribution in [2.24, 2.45) is 0 Å². The number of fused-ring (bicyclic) bond motifs is 1.